The minimum Gasteiger partial charge on any atom is -0.309 e. The maximum atomic E-state index is 12.5. The van der Waals surface area contributed by atoms with Gasteiger partial charge in [0, 0.05) is 0 Å². The molecule has 0 saturated heterocycles. The van der Waals surface area contributed by atoms with Crippen molar-refractivity contribution >= 4 is 7.60 Å². The molecule has 0 atom stereocenters. The van der Waals surface area contributed by atoms with Crippen molar-refractivity contribution in [2.24, 2.45) is 0 Å². The lowest BCUT2D eigenvalue weighted by Crippen LogP contribution is -2.01. The van der Waals surface area contributed by atoms with Crippen LogP contribution in [0.5, 0.6) is 0 Å². The lowest BCUT2D eigenvalue weighted by Gasteiger charge is -2.18. The summed E-state index contributed by atoms with van der Waals surface area (Å²) in [7, 11) is -2.97. The van der Waals surface area contributed by atoms with Crippen molar-refractivity contribution < 1.29 is 13.6 Å². The van der Waals surface area contributed by atoms with E-state index in [2.05, 4.69) is 12.1 Å². The van der Waals surface area contributed by atoms with Crippen LogP contribution in [0.1, 0.15) is 37.0 Å². The molecular weight excluding hydrogens is 247 g/mol. The van der Waals surface area contributed by atoms with E-state index in [1.807, 2.05) is 19.9 Å². The third-order valence-electron chi connectivity index (χ3n) is 3.26. The standard InChI is InChI=1S/C14H21O3P/c1-3-16-18(15,17-4-2)11-13-9-5-7-12-8-6-10-14(12)13/h5,7,9H,3-4,6,8,10-11H2,1-2H3. The van der Waals surface area contributed by atoms with Crippen molar-refractivity contribution in [2.75, 3.05) is 13.2 Å². The van der Waals surface area contributed by atoms with E-state index in [0.29, 0.717) is 19.4 Å². The fraction of sp³-hybridized carbons (Fsp3) is 0.571. The minimum absolute atomic E-state index is 0.401. The van der Waals surface area contributed by atoms with E-state index in [-0.39, 0.29) is 0 Å². The first-order valence-corrected chi connectivity index (χ1v) is 8.39. The van der Waals surface area contributed by atoms with E-state index in [4.69, 9.17) is 9.05 Å². The highest BCUT2D eigenvalue weighted by atomic mass is 31.2. The Kier molecular flexibility index (Phi) is 4.60. The molecule has 1 aliphatic carbocycles. The molecule has 2 rings (SSSR count). The van der Waals surface area contributed by atoms with Crippen molar-refractivity contribution in [1.29, 1.82) is 0 Å². The molecule has 0 unspecified atom stereocenters. The molecule has 0 aromatic heterocycles. The van der Waals surface area contributed by atoms with Gasteiger partial charge in [0.05, 0.1) is 19.4 Å². The van der Waals surface area contributed by atoms with Crippen LogP contribution in [0.25, 0.3) is 0 Å². The Morgan fingerprint density at radius 1 is 1.17 bits per heavy atom. The van der Waals surface area contributed by atoms with Crippen molar-refractivity contribution in [3.05, 3.63) is 34.9 Å². The summed E-state index contributed by atoms with van der Waals surface area (Å²) in [4.78, 5) is 0. The van der Waals surface area contributed by atoms with Gasteiger partial charge in [-0.2, -0.15) is 0 Å². The van der Waals surface area contributed by atoms with Crippen LogP contribution in [0.4, 0.5) is 0 Å². The Morgan fingerprint density at radius 2 is 1.89 bits per heavy atom. The summed E-state index contributed by atoms with van der Waals surface area (Å²) in [5, 5.41) is 0. The summed E-state index contributed by atoms with van der Waals surface area (Å²) in [6, 6.07) is 6.26. The number of fused-ring (bicyclic) bond motifs is 1. The van der Waals surface area contributed by atoms with Gasteiger partial charge in [0.25, 0.3) is 0 Å². The fourth-order valence-electron chi connectivity index (χ4n) is 2.58. The van der Waals surface area contributed by atoms with Gasteiger partial charge in [-0.05, 0) is 49.8 Å². The van der Waals surface area contributed by atoms with E-state index >= 15 is 0 Å². The highest BCUT2D eigenvalue weighted by Gasteiger charge is 2.26. The van der Waals surface area contributed by atoms with Gasteiger partial charge in [0.1, 0.15) is 0 Å². The van der Waals surface area contributed by atoms with Crippen LogP contribution in [0.15, 0.2) is 18.2 Å². The van der Waals surface area contributed by atoms with Crippen molar-refractivity contribution in [1.82, 2.24) is 0 Å². The normalized spacial score (nSPS) is 14.8. The highest BCUT2D eigenvalue weighted by Crippen LogP contribution is 2.52. The zero-order valence-electron chi connectivity index (χ0n) is 11.1. The van der Waals surface area contributed by atoms with Crippen LogP contribution in [-0.2, 0) is 32.6 Å². The largest absolute Gasteiger partial charge is 0.335 e. The Hall–Kier alpha value is -0.630. The van der Waals surface area contributed by atoms with Crippen molar-refractivity contribution in [3.63, 3.8) is 0 Å². The van der Waals surface area contributed by atoms with Gasteiger partial charge >= 0.3 is 7.60 Å². The second kappa shape index (κ2) is 6.01. The molecule has 0 amide bonds. The summed E-state index contributed by atoms with van der Waals surface area (Å²) >= 11 is 0. The van der Waals surface area contributed by atoms with Gasteiger partial charge in [-0.15, -0.1) is 0 Å². The molecule has 18 heavy (non-hydrogen) atoms. The lowest BCUT2D eigenvalue weighted by atomic mass is 10.1. The molecule has 100 valence electrons. The number of hydrogen-bond donors (Lipinski definition) is 0. The fourth-order valence-corrected chi connectivity index (χ4v) is 4.33. The van der Waals surface area contributed by atoms with Crippen LogP contribution < -0.4 is 0 Å². The first kappa shape index (κ1) is 13.8. The molecule has 1 aliphatic rings. The topological polar surface area (TPSA) is 35.5 Å². The highest BCUT2D eigenvalue weighted by molar-refractivity contribution is 7.53. The van der Waals surface area contributed by atoms with E-state index in [9.17, 15) is 4.57 Å². The van der Waals surface area contributed by atoms with Crippen LogP contribution in [0.3, 0.4) is 0 Å². The Bertz CT molecular complexity index is 446. The Labute approximate surface area is 109 Å². The Morgan fingerprint density at radius 3 is 2.56 bits per heavy atom. The van der Waals surface area contributed by atoms with Crippen LogP contribution in [0.2, 0.25) is 0 Å². The smallest absolute Gasteiger partial charge is 0.309 e. The monoisotopic (exact) mass is 268 g/mol. The second-order valence-electron chi connectivity index (χ2n) is 4.51. The van der Waals surface area contributed by atoms with E-state index in [1.54, 1.807) is 0 Å². The predicted octanol–water partition coefficient (Wildman–Crippen LogP) is 3.94. The summed E-state index contributed by atoms with van der Waals surface area (Å²) in [5.41, 5.74) is 3.89. The summed E-state index contributed by atoms with van der Waals surface area (Å²) in [5.74, 6) is 0. The molecule has 0 aliphatic heterocycles. The molecule has 0 heterocycles. The molecular formula is C14H21O3P. The molecule has 4 heteroatoms. The van der Waals surface area contributed by atoms with Crippen molar-refractivity contribution in [2.45, 2.75) is 39.3 Å². The SMILES string of the molecule is CCOP(=O)(Cc1cccc2c1CCC2)OCC. The van der Waals surface area contributed by atoms with Gasteiger partial charge in [-0.3, -0.25) is 4.57 Å². The second-order valence-corrected chi connectivity index (χ2v) is 6.57. The van der Waals surface area contributed by atoms with E-state index in [1.165, 1.54) is 17.5 Å². The Balaban J connectivity index is 2.22. The van der Waals surface area contributed by atoms with Gasteiger partial charge < -0.3 is 9.05 Å². The summed E-state index contributed by atoms with van der Waals surface area (Å²) in [6.45, 7) is 4.54. The molecule has 0 spiro atoms. The third kappa shape index (κ3) is 3.03. The molecule has 1 aromatic rings. The average Bonchev–Trinajstić information content (AvgIpc) is 2.78. The van der Waals surface area contributed by atoms with E-state index < -0.39 is 7.60 Å². The summed E-state index contributed by atoms with van der Waals surface area (Å²) < 4.78 is 23.3. The van der Waals surface area contributed by atoms with Crippen molar-refractivity contribution in [3.8, 4) is 0 Å². The minimum atomic E-state index is -2.97. The number of aryl methyl sites for hydroxylation is 1. The molecule has 0 fully saturated rings. The molecule has 0 radical (unpaired) electrons. The number of benzene rings is 1. The van der Waals surface area contributed by atoms with E-state index in [0.717, 1.165) is 18.4 Å². The first-order chi connectivity index (χ1) is 8.68. The first-order valence-electron chi connectivity index (χ1n) is 6.66. The molecule has 0 saturated carbocycles. The van der Waals surface area contributed by atoms with Gasteiger partial charge in [-0.1, -0.05) is 18.2 Å². The lowest BCUT2D eigenvalue weighted by molar-refractivity contribution is 0.219. The number of rotatable bonds is 6. The third-order valence-corrected chi connectivity index (χ3v) is 5.29. The maximum Gasteiger partial charge on any atom is 0.335 e. The van der Waals surface area contributed by atoms with Gasteiger partial charge in [-0.25, -0.2) is 0 Å². The maximum absolute atomic E-state index is 12.5. The summed E-state index contributed by atoms with van der Waals surface area (Å²) in [6.07, 6.45) is 3.82. The number of hydrogen-bond acceptors (Lipinski definition) is 3. The van der Waals surface area contributed by atoms with Crippen LogP contribution in [0, 0.1) is 0 Å². The molecule has 0 N–H and O–H groups in total. The van der Waals surface area contributed by atoms with Gasteiger partial charge in [0.2, 0.25) is 0 Å². The zero-order valence-corrected chi connectivity index (χ0v) is 12.0. The molecule has 3 nitrogen and oxygen atoms in total. The van der Waals surface area contributed by atoms with Gasteiger partial charge in [0.15, 0.2) is 0 Å². The molecule has 1 aromatic carbocycles. The quantitative estimate of drug-likeness (QED) is 0.733. The predicted molar refractivity (Wildman–Crippen MR) is 73.0 cm³/mol. The van der Waals surface area contributed by atoms with Crippen LogP contribution >= 0.6 is 7.60 Å². The average molecular weight is 268 g/mol. The van der Waals surface area contributed by atoms with Crippen LogP contribution in [-0.4, -0.2) is 13.2 Å². The molecule has 0 bridgehead atoms. The zero-order chi connectivity index (χ0) is 13.0.